The fourth-order valence-corrected chi connectivity index (χ4v) is 1.85. The summed E-state index contributed by atoms with van der Waals surface area (Å²) in [5.74, 6) is 1.58. The summed E-state index contributed by atoms with van der Waals surface area (Å²) < 4.78 is 5.46. The zero-order valence-electron chi connectivity index (χ0n) is 10.7. The maximum atomic E-state index is 5.95. The molecule has 4 nitrogen and oxygen atoms in total. The molecule has 0 spiro atoms. The molecule has 0 saturated heterocycles. The van der Waals surface area contributed by atoms with Crippen LogP contribution >= 0.6 is 0 Å². The van der Waals surface area contributed by atoms with Crippen molar-refractivity contribution in [2.45, 2.75) is 46.6 Å². The Balaban J connectivity index is 3.09. The SMILES string of the molecule is CCOC(C)c1nc(C)c(C(C)C)c(N)n1. The number of nitrogen functional groups attached to an aromatic ring is 1. The Hall–Kier alpha value is -1.16. The highest BCUT2D eigenvalue weighted by Gasteiger charge is 2.15. The van der Waals surface area contributed by atoms with Crippen LogP contribution < -0.4 is 5.73 Å². The van der Waals surface area contributed by atoms with Crippen molar-refractivity contribution >= 4 is 5.82 Å². The van der Waals surface area contributed by atoms with Gasteiger partial charge in [0.1, 0.15) is 11.9 Å². The average molecular weight is 223 g/mol. The minimum atomic E-state index is -0.104. The van der Waals surface area contributed by atoms with E-state index in [0.717, 1.165) is 11.3 Å². The predicted molar refractivity (Wildman–Crippen MR) is 65.3 cm³/mol. The zero-order chi connectivity index (χ0) is 12.3. The Bertz CT molecular complexity index is 340. The molecule has 90 valence electrons. The summed E-state index contributed by atoms with van der Waals surface area (Å²) in [6, 6.07) is 0. The number of hydrogen-bond acceptors (Lipinski definition) is 4. The second-order valence-corrected chi connectivity index (χ2v) is 4.22. The van der Waals surface area contributed by atoms with Crippen molar-refractivity contribution in [3.05, 3.63) is 17.1 Å². The van der Waals surface area contributed by atoms with E-state index in [1.165, 1.54) is 0 Å². The van der Waals surface area contributed by atoms with Gasteiger partial charge >= 0.3 is 0 Å². The molecular weight excluding hydrogens is 202 g/mol. The first-order chi connectivity index (χ1) is 7.47. The molecular formula is C12H21N3O. The Morgan fingerprint density at radius 3 is 2.31 bits per heavy atom. The number of ether oxygens (including phenoxy) is 1. The second-order valence-electron chi connectivity index (χ2n) is 4.22. The molecule has 0 radical (unpaired) electrons. The molecule has 0 aliphatic carbocycles. The van der Waals surface area contributed by atoms with Crippen LogP contribution in [0.1, 0.15) is 56.8 Å². The van der Waals surface area contributed by atoms with Crippen LogP contribution in [-0.2, 0) is 4.74 Å². The first kappa shape index (κ1) is 12.9. The van der Waals surface area contributed by atoms with Gasteiger partial charge in [0.25, 0.3) is 0 Å². The Morgan fingerprint density at radius 2 is 1.88 bits per heavy atom. The van der Waals surface area contributed by atoms with Gasteiger partial charge in [0.05, 0.1) is 0 Å². The summed E-state index contributed by atoms with van der Waals surface area (Å²) in [5, 5.41) is 0. The molecule has 0 aliphatic heterocycles. The largest absolute Gasteiger partial charge is 0.383 e. The van der Waals surface area contributed by atoms with Gasteiger partial charge in [-0.2, -0.15) is 0 Å². The van der Waals surface area contributed by atoms with Gasteiger partial charge in [0, 0.05) is 17.9 Å². The van der Waals surface area contributed by atoms with Gasteiger partial charge in [-0.15, -0.1) is 0 Å². The topological polar surface area (TPSA) is 61.0 Å². The summed E-state index contributed by atoms with van der Waals surface area (Å²) in [7, 11) is 0. The van der Waals surface area contributed by atoms with Gasteiger partial charge in [0.2, 0.25) is 0 Å². The molecule has 0 bridgehead atoms. The van der Waals surface area contributed by atoms with Crippen LogP contribution in [0.15, 0.2) is 0 Å². The highest BCUT2D eigenvalue weighted by molar-refractivity contribution is 5.44. The van der Waals surface area contributed by atoms with E-state index in [-0.39, 0.29) is 6.10 Å². The Morgan fingerprint density at radius 1 is 1.25 bits per heavy atom. The fraction of sp³-hybridized carbons (Fsp3) is 0.667. The van der Waals surface area contributed by atoms with Crippen molar-refractivity contribution in [2.75, 3.05) is 12.3 Å². The Kier molecular flexibility index (Phi) is 4.24. The molecule has 0 saturated carbocycles. The molecule has 1 unspecified atom stereocenters. The van der Waals surface area contributed by atoms with E-state index < -0.39 is 0 Å². The van der Waals surface area contributed by atoms with E-state index in [1.807, 2.05) is 20.8 Å². The van der Waals surface area contributed by atoms with Gasteiger partial charge in [0.15, 0.2) is 5.82 Å². The number of nitrogens with zero attached hydrogens (tertiary/aromatic N) is 2. The molecule has 1 rings (SSSR count). The third kappa shape index (κ3) is 2.70. The summed E-state index contributed by atoms with van der Waals surface area (Å²) in [5.41, 5.74) is 7.93. The molecule has 1 aromatic heterocycles. The molecule has 0 fully saturated rings. The van der Waals surface area contributed by atoms with Crippen LogP contribution in [0.2, 0.25) is 0 Å². The van der Waals surface area contributed by atoms with Gasteiger partial charge < -0.3 is 10.5 Å². The lowest BCUT2D eigenvalue weighted by molar-refractivity contribution is 0.0700. The molecule has 2 N–H and O–H groups in total. The number of nitrogens with two attached hydrogens (primary N) is 1. The highest BCUT2D eigenvalue weighted by Crippen LogP contribution is 2.24. The predicted octanol–water partition coefficient (Wildman–Crippen LogP) is 2.59. The van der Waals surface area contributed by atoms with E-state index in [4.69, 9.17) is 10.5 Å². The summed E-state index contributed by atoms with van der Waals surface area (Å²) in [6.07, 6.45) is -0.104. The van der Waals surface area contributed by atoms with Crippen molar-refractivity contribution in [2.24, 2.45) is 0 Å². The minimum Gasteiger partial charge on any atom is -0.383 e. The third-order valence-corrected chi connectivity index (χ3v) is 2.54. The lowest BCUT2D eigenvalue weighted by Gasteiger charge is -2.16. The van der Waals surface area contributed by atoms with E-state index in [2.05, 4.69) is 23.8 Å². The molecule has 16 heavy (non-hydrogen) atoms. The number of aromatic nitrogens is 2. The number of aryl methyl sites for hydroxylation is 1. The van der Waals surface area contributed by atoms with Gasteiger partial charge in [-0.25, -0.2) is 9.97 Å². The van der Waals surface area contributed by atoms with Crippen LogP contribution in [-0.4, -0.2) is 16.6 Å². The van der Waals surface area contributed by atoms with Crippen LogP contribution in [0, 0.1) is 6.92 Å². The maximum absolute atomic E-state index is 5.95. The van der Waals surface area contributed by atoms with Crippen molar-refractivity contribution in [3.8, 4) is 0 Å². The third-order valence-electron chi connectivity index (χ3n) is 2.54. The standard InChI is InChI=1S/C12H21N3O/c1-6-16-9(5)12-14-8(4)10(7(2)3)11(13)15-12/h7,9H,6H2,1-5H3,(H2,13,14,15). The maximum Gasteiger partial charge on any atom is 0.159 e. The lowest BCUT2D eigenvalue weighted by atomic mass is 10.0. The van der Waals surface area contributed by atoms with Crippen LogP contribution in [0.5, 0.6) is 0 Å². The Labute approximate surface area is 97.2 Å². The number of rotatable bonds is 4. The first-order valence-corrected chi connectivity index (χ1v) is 5.72. The van der Waals surface area contributed by atoms with Crippen molar-refractivity contribution < 1.29 is 4.74 Å². The lowest BCUT2D eigenvalue weighted by Crippen LogP contribution is -2.12. The quantitative estimate of drug-likeness (QED) is 0.852. The van der Waals surface area contributed by atoms with E-state index in [0.29, 0.717) is 24.2 Å². The summed E-state index contributed by atoms with van der Waals surface area (Å²) in [4.78, 5) is 8.77. The number of hydrogen-bond donors (Lipinski definition) is 1. The molecule has 1 atom stereocenters. The smallest absolute Gasteiger partial charge is 0.159 e. The van der Waals surface area contributed by atoms with Gasteiger partial charge in [-0.1, -0.05) is 13.8 Å². The van der Waals surface area contributed by atoms with Crippen molar-refractivity contribution in [3.63, 3.8) is 0 Å². The molecule has 0 aromatic carbocycles. The van der Waals surface area contributed by atoms with Crippen LogP contribution in [0.25, 0.3) is 0 Å². The normalized spacial score (nSPS) is 13.1. The highest BCUT2D eigenvalue weighted by atomic mass is 16.5. The van der Waals surface area contributed by atoms with Gasteiger partial charge in [-0.05, 0) is 26.7 Å². The fourth-order valence-electron chi connectivity index (χ4n) is 1.85. The van der Waals surface area contributed by atoms with E-state index >= 15 is 0 Å². The number of anilines is 1. The summed E-state index contributed by atoms with van der Waals surface area (Å²) in [6.45, 7) is 10.7. The average Bonchev–Trinajstić information content (AvgIpc) is 2.16. The van der Waals surface area contributed by atoms with E-state index in [9.17, 15) is 0 Å². The molecule has 4 heteroatoms. The van der Waals surface area contributed by atoms with E-state index in [1.54, 1.807) is 0 Å². The molecule has 0 amide bonds. The first-order valence-electron chi connectivity index (χ1n) is 5.72. The molecule has 0 aliphatic rings. The van der Waals surface area contributed by atoms with Crippen molar-refractivity contribution in [1.29, 1.82) is 0 Å². The van der Waals surface area contributed by atoms with Crippen molar-refractivity contribution in [1.82, 2.24) is 9.97 Å². The van der Waals surface area contributed by atoms with Crippen LogP contribution in [0.3, 0.4) is 0 Å². The van der Waals surface area contributed by atoms with Gasteiger partial charge in [-0.3, -0.25) is 0 Å². The zero-order valence-corrected chi connectivity index (χ0v) is 10.7. The molecule has 1 heterocycles. The molecule has 1 aromatic rings. The monoisotopic (exact) mass is 223 g/mol. The second kappa shape index (κ2) is 5.25. The minimum absolute atomic E-state index is 0.104. The van der Waals surface area contributed by atoms with Crippen LogP contribution in [0.4, 0.5) is 5.82 Å². The summed E-state index contributed by atoms with van der Waals surface area (Å²) >= 11 is 0.